The van der Waals surface area contributed by atoms with Crippen LogP contribution in [0.5, 0.6) is 5.88 Å². The van der Waals surface area contributed by atoms with Gasteiger partial charge in [0.15, 0.2) is 15.5 Å². The number of methoxy groups -OCH3 is 1. The summed E-state index contributed by atoms with van der Waals surface area (Å²) in [4.78, 5) is 26.1. The third-order valence-corrected chi connectivity index (χ3v) is 6.03. The number of rotatable bonds is 3. The molecule has 0 saturated carbocycles. The molecule has 2 amide bonds. The molecule has 170 valence electrons. The van der Waals surface area contributed by atoms with Gasteiger partial charge in [0.25, 0.3) is 5.91 Å². The number of ether oxygens (including phenoxy) is 1. The Balaban J connectivity index is 1.49. The number of aliphatic hydroxyl groups is 2. The Hall–Kier alpha value is -3.03. The van der Waals surface area contributed by atoms with Gasteiger partial charge in [0.1, 0.15) is 6.33 Å². The summed E-state index contributed by atoms with van der Waals surface area (Å²) in [6.07, 6.45) is -3.32. The predicted octanol–water partition coefficient (Wildman–Crippen LogP) is 3.16. The van der Waals surface area contributed by atoms with Crippen LogP contribution in [0.2, 0.25) is 0 Å². The lowest BCUT2D eigenvalue weighted by molar-refractivity contribution is -0.260. The van der Waals surface area contributed by atoms with E-state index in [0.29, 0.717) is 15.9 Å². The van der Waals surface area contributed by atoms with Crippen molar-refractivity contribution in [3.63, 3.8) is 0 Å². The molecule has 1 aliphatic heterocycles. The number of aromatic nitrogens is 3. The Morgan fingerprint density at radius 1 is 1.34 bits per heavy atom. The van der Waals surface area contributed by atoms with Gasteiger partial charge in [-0.3, -0.25) is 10.2 Å². The van der Waals surface area contributed by atoms with E-state index in [1.54, 1.807) is 0 Å². The summed E-state index contributed by atoms with van der Waals surface area (Å²) >= 11 is 1.05. The lowest BCUT2D eigenvalue weighted by Crippen LogP contribution is -2.57. The lowest BCUT2D eigenvalue weighted by Gasteiger charge is -2.42. The maximum atomic E-state index is 13.0. The second-order valence-corrected chi connectivity index (χ2v) is 8.20. The number of fused-ring (bicyclic) bond motifs is 1. The van der Waals surface area contributed by atoms with Gasteiger partial charge in [-0.2, -0.15) is 18.2 Å². The number of nitrogens with one attached hydrogen (secondary N) is 1. The highest BCUT2D eigenvalue weighted by molar-refractivity contribution is 7.22. The standard InChI is InChI=1S/C19H18F3N5O4S/c1-31-14-13-15(24-9-23-14)32-16(25-13)26-17(28)27-6-5-11(8-18(27,29)30)10-3-2-4-12(7-10)19(20,21)22/h2-4,7,9,11,29-30H,5-6,8H2,1H3,(H,25,26,28). The van der Waals surface area contributed by atoms with Crippen LogP contribution < -0.4 is 10.1 Å². The number of alkyl halides is 3. The minimum Gasteiger partial charge on any atom is -0.479 e. The zero-order valence-electron chi connectivity index (χ0n) is 16.6. The van der Waals surface area contributed by atoms with Gasteiger partial charge in [-0.1, -0.05) is 29.5 Å². The fraction of sp³-hybridized carbons (Fsp3) is 0.368. The zero-order valence-corrected chi connectivity index (χ0v) is 17.4. The summed E-state index contributed by atoms with van der Waals surface area (Å²) in [5.74, 6) is -2.90. The molecule has 1 aromatic carbocycles. The summed E-state index contributed by atoms with van der Waals surface area (Å²) < 4.78 is 44.1. The van der Waals surface area contributed by atoms with Crippen LogP contribution >= 0.6 is 11.3 Å². The summed E-state index contributed by atoms with van der Waals surface area (Å²) in [6.45, 7) is -0.0895. The highest BCUT2D eigenvalue weighted by Crippen LogP contribution is 2.38. The fourth-order valence-electron chi connectivity index (χ4n) is 3.62. The maximum Gasteiger partial charge on any atom is 0.416 e. The number of anilines is 1. The van der Waals surface area contributed by atoms with E-state index in [1.807, 2.05) is 0 Å². The first kappa shape index (κ1) is 22.2. The molecule has 0 bridgehead atoms. The number of carbonyl (C=O) groups is 1. The molecule has 3 heterocycles. The molecule has 2 aromatic heterocycles. The van der Waals surface area contributed by atoms with Crippen LogP contribution in [0.15, 0.2) is 30.6 Å². The molecule has 3 aromatic rings. The van der Waals surface area contributed by atoms with Gasteiger partial charge < -0.3 is 14.9 Å². The van der Waals surface area contributed by atoms with Gasteiger partial charge in [-0.15, -0.1) is 0 Å². The molecule has 0 aliphatic carbocycles. The van der Waals surface area contributed by atoms with Gasteiger partial charge in [-0.25, -0.2) is 14.8 Å². The van der Waals surface area contributed by atoms with E-state index in [2.05, 4.69) is 20.3 Å². The van der Waals surface area contributed by atoms with Crippen LogP contribution in [-0.2, 0) is 6.18 Å². The van der Waals surface area contributed by atoms with E-state index in [9.17, 15) is 28.2 Å². The van der Waals surface area contributed by atoms with E-state index in [4.69, 9.17) is 4.74 Å². The summed E-state index contributed by atoms with van der Waals surface area (Å²) in [5.41, 5.74) is -0.145. The molecular weight excluding hydrogens is 451 g/mol. The molecular formula is C19H18F3N5O4S. The van der Waals surface area contributed by atoms with Gasteiger partial charge >= 0.3 is 12.2 Å². The number of halogens is 3. The molecule has 1 atom stereocenters. The van der Waals surface area contributed by atoms with Crippen LogP contribution in [0.4, 0.5) is 23.1 Å². The molecule has 1 fully saturated rings. The molecule has 1 aliphatic rings. The van der Waals surface area contributed by atoms with Crippen molar-refractivity contribution in [1.29, 1.82) is 0 Å². The number of thiazole rings is 1. The Kier molecular flexibility index (Phi) is 5.65. The topological polar surface area (TPSA) is 121 Å². The highest BCUT2D eigenvalue weighted by atomic mass is 32.1. The van der Waals surface area contributed by atoms with Crippen LogP contribution in [0.3, 0.4) is 0 Å². The average Bonchev–Trinajstić information content (AvgIpc) is 3.14. The van der Waals surface area contributed by atoms with Gasteiger partial charge in [-0.05, 0) is 24.0 Å². The largest absolute Gasteiger partial charge is 0.479 e. The number of urea groups is 1. The molecule has 32 heavy (non-hydrogen) atoms. The molecule has 0 radical (unpaired) electrons. The van der Waals surface area contributed by atoms with E-state index < -0.39 is 29.6 Å². The quantitative estimate of drug-likeness (QED) is 0.504. The highest BCUT2D eigenvalue weighted by Gasteiger charge is 2.43. The number of amides is 2. The van der Waals surface area contributed by atoms with Crippen molar-refractivity contribution in [3.05, 3.63) is 41.7 Å². The first-order chi connectivity index (χ1) is 15.1. The molecule has 9 nitrogen and oxygen atoms in total. The van der Waals surface area contributed by atoms with E-state index >= 15 is 0 Å². The summed E-state index contributed by atoms with van der Waals surface area (Å²) in [5, 5.41) is 23.7. The predicted molar refractivity (Wildman–Crippen MR) is 108 cm³/mol. The monoisotopic (exact) mass is 469 g/mol. The molecule has 3 N–H and O–H groups in total. The first-order valence-electron chi connectivity index (χ1n) is 9.44. The molecule has 4 rings (SSSR count). The van der Waals surface area contributed by atoms with E-state index in [1.165, 1.54) is 25.6 Å². The van der Waals surface area contributed by atoms with Gasteiger partial charge in [0.05, 0.1) is 12.7 Å². The number of hydrogen-bond donors (Lipinski definition) is 3. The van der Waals surface area contributed by atoms with Crippen molar-refractivity contribution in [3.8, 4) is 5.88 Å². The van der Waals surface area contributed by atoms with Gasteiger partial charge in [0.2, 0.25) is 5.88 Å². The van der Waals surface area contributed by atoms with Crippen molar-refractivity contribution < 1.29 is 32.9 Å². The third-order valence-electron chi connectivity index (χ3n) is 5.15. The number of benzene rings is 1. The Morgan fingerprint density at radius 2 is 2.12 bits per heavy atom. The maximum absolute atomic E-state index is 13.0. The van der Waals surface area contributed by atoms with Crippen LogP contribution in [-0.4, -0.2) is 55.7 Å². The SMILES string of the molecule is COc1ncnc2sc(NC(=O)N3CCC(c4cccc(C(F)(F)F)c4)CC3(O)O)nc12. The minimum absolute atomic E-state index is 0.0895. The first-order valence-corrected chi connectivity index (χ1v) is 10.3. The second-order valence-electron chi connectivity index (χ2n) is 7.22. The van der Waals surface area contributed by atoms with Crippen molar-refractivity contribution >= 4 is 32.8 Å². The number of likely N-dealkylation sites (tertiary alicyclic amines) is 1. The van der Waals surface area contributed by atoms with Crippen LogP contribution in [0, 0.1) is 0 Å². The summed E-state index contributed by atoms with van der Waals surface area (Å²) in [7, 11) is 1.42. The van der Waals surface area contributed by atoms with Crippen molar-refractivity contribution in [2.75, 3.05) is 19.0 Å². The number of nitrogens with zero attached hydrogens (tertiary/aromatic N) is 4. The number of piperidine rings is 1. The zero-order chi connectivity index (χ0) is 23.1. The third kappa shape index (κ3) is 4.31. The van der Waals surface area contributed by atoms with Gasteiger partial charge in [0, 0.05) is 13.0 Å². The average molecular weight is 469 g/mol. The lowest BCUT2D eigenvalue weighted by atomic mass is 9.86. The van der Waals surface area contributed by atoms with Crippen molar-refractivity contribution in [2.24, 2.45) is 0 Å². The van der Waals surface area contributed by atoms with Crippen LogP contribution in [0.25, 0.3) is 10.3 Å². The molecule has 0 spiro atoms. The Bertz CT molecular complexity index is 1150. The Morgan fingerprint density at radius 3 is 2.81 bits per heavy atom. The van der Waals surface area contributed by atoms with E-state index in [-0.39, 0.29) is 30.4 Å². The fourth-order valence-corrected chi connectivity index (χ4v) is 4.41. The van der Waals surface area contributed by atoms with Crippen LogP contribution in [0.1, 0.15) is 29.9 Å². The smallest absolute Gasteiger partial charge is 0.416 e. The molecule has 13 heteroatoms. The van der Waals surface area contributed by atoms with E-state index in [0.717, 1.165) is 28.4 Å². The second kappa shape index (κ2) is 8.15. The number of carbonyl (C=O) groups excluding carboxylic acids is 1. The molecule has 1 saturated heterocycles. The van der Waals surface area contributed by atoms with Crippen molar-refractivity contribution in [1.82, 2.24) is 19.9 Å². The Labute approximate surface area is 183 Å². The van der Waals surface area contributed by atoms with Crippen molar-refractivity contribution in [2.45, 2.75) is 30.8 Å². The molecule has 1 unspecified atom stereocenters. The number of hydrogen-bond acceptors (Lipinski definition) is 8. The summed E-state index contributed by atoms with van der Waals surface area (Å²) in [6, 6.07) is 3.91. The minimum atomic E-state index is -4.50. The normalized spacial score (nSPS) is 18.6.